The summed E-state index contributed by atoms with van der Waals surface area (Å²) in [4.78, 5) is 11.8. The maximum atomic E-state index is 11.8. The average Bonchev–Trinajstić information content (AvgIpc) is 2.53. The van der Waals surface area contributed by atoms with E-state index < -0.39 is 5.60 Å². The molecule has 0 heterocycles. The summed E-state index contributed by atoms with van der Waals surface area (Å²) >= 11 is 0. The van der Waals surface area contributed by atoms with Gasteiger partial charge in [-0.2, -0.15) is 0 Å². The first-order chi connectivity index (χ1) is 10.0. The molecule has 0 spiro atoms. The van der Waals surface area contributed by atoms with Crippen molar-refractivity contribution < 1.29 is 9.90 Å². The predicted molar refractivity (Wildman–Crippen MR) is 83.7 cm³/mol. The Morgan fingerprint density at radius 3 is 1.81 bits per heavy atom. The molecule has 3 heteroatoms. The fourth-order valence-electron chi connectivity index (χ4n) is 2.22. The standard InChI is InChI=1S/C18H21NO2/c1-14(2)17(20)19-13-18(21,15-9-5-3-6-10-15)16-11-7-4-8-12-16/h3-12,14,21H,13H2,1-2H3,(H,19,20). The number of aliphatic hydroxyl groups is 1. The lowest BCUT2D eigenvalue weighted by atomic mass is 9.86. The van der Waals surface area contributed by atoms with E-state index in [0.29, 0.717) is 0 Å². The fourth-order valence-corrected chi connectivity index (χ4v) is 2.22. The van der Waals surface area contributed by atoms with Gasteiger partial charge in [-0.3, -0.25) is 4.79 Å². The summed E-state index contributed by atoms with van der Waals surface area (Å²) in [6.07, 6.45) is 0. The van der Waals surface area contributed by atoms with E-state index in [2.05, 4.69) is 5.32 Å². The molecule has 0 aliphatic carbocycles. The highest BCUT2D eigenvalue weighted by Gasteiger charge is 2.32. The first-order valence-corrected chi connectivity index (χ1v) is 7.15. The summed E-state index contributed by atoms with van der Waals surface area (Å²) in [5, 5.41) is 14.0. The zero-order valence-electron chi connectivity index (χ0n) is 12.4. The Morgan fingerprint density at radius 2 is 1.43 bits per heavy atom. The smallest absolute Gasteiger partial charge is 0.222 e. The second-order valence-corrected chi connectivity index (χ2v) is 5.46. The molecule has 0 aliphatic rings. The van der Waals surface area contributed by atoms with Crippen molar-refractivity contribution in [1.82, 2.24) is 5.32 Å². The molecule has 2 aromatic carbocycles. The molecule has 1 amide bonds. The van der Waals surface area contributed by atoms with Gasteiger partial charge in [0.05, 0.1) is 6.54 Å². The zero-order valence-corrected chi connectivity index (χ0v) is 12.4. The van der Waals surface area contributed by atoms with Gasteiger partial charge in [0, 0.05) is 5.92 Å². The lowest BCUT2D eigenvalue weighted by molar-refractivity contribution is -0.125. The number of hydrogen-bond acceptors (Lipinski definition) is 2. The van der Waals surface area contributed by atoms with Crippen molar-refractivity contribution in [3.8, 4) is 0 Å². The SMILES string of the molecule is CC(C)C(=O)NCC(O)(c1ccccc1)c1ccccc1. The van der Waals surface area contributed by atoms with E-state index in [1.807, 2.05) is 74.5 Å². The van der Waals surface area contributed by atoms with Crippen molar-refractivity contribution in [2.75, 3.05) is 6.54 Å². The van der Waals surface area contributed by atoms with E-state index in [1.54, 1.807) is 0 Å². The summed E-state index contributed by atoms with van der Waals surface area (Å²) in [6.45, 7) is 3.82. The first kappa shape index (κ1) is 15.3. The highest BCUT2D eigenvalue weighted by molar-refractivity contribution is 5.78. The van der Waals surface area contributed by atoms with Crippen molar-refractivity contribution in [2.24, 2.45) is 5.92 Å². The van der Waals surface area contributed by atoms with Crippen LogP contribution in [0.4, 0.5) is 0 Å². The number of carbonyl (C=O) groups is 1. The largest absolute Gasteiger partial charge is 0.379 e. The van der Waals surface area contributed by atoms with E-state index in [0.717, 1.165) is 11.1 Å². The maximum Gasteiger partial charge on any atom is 0.222 e. The van der Waals surface area contributed by atoms with Crippen molar-refractivity contribution in [1.29, 1.82) is 0 Å². The molecule has 0 unspecified atom stereocenters. The van der Waals surface area contributed by atoms with Gasteiger partial charge in [0.25, 0.3) is 0 Å². The molecule has 3 nitrogen and oxygen atoms in total. The van der Waals surface area contributed by atoms with Gasteiger partial charge in [0.1, 0.15) is 5.60 Å². The molecule has 0 atom stereocenters. The van der Waals surface area contributed by atoms with Crippen LogP contribution in [0.3, 0.4) is 0 Å². The normalized spacial score (nSPS) is 11.4. The minimum atomic E-state index is -1.23. The van der Waals surface area contributed by atoms with Crippen LogP contribution in [0, 0.1) is 5.92 Å². The quantitative estimate of drug-likeness (QED) is 0.886. The summed E-state index contributed by atoms with van der Waals surface area (Å²) in [5.41, 5.74) is 0.299. The third-order valence-corrected chi connectivity index (χ3v) is 3.55. The molecule has 2 aromatic rings. The lowest BCUT2D eigenvalue weighted by Crippen LogP contribution is -2.42. The molecular weight excluding hydrogens is 262 g/mol. The van der Waals surface area contributed by atoms with E-state index >= 15 is 0 Å². The van der Waals surface area contributed by atoms with Gasteiger partial charge in [0.15, 0.2) is 0 Å². The molecule has 0 aromatic heterocycles. The van der Waals surface area contributed by atoms with Crippen LogP contribution in [0.5, 0.6) is 0 Å². The molecule has 2 rings (SSSR count). The van der Waals surface area contributed by atoms with Gasteiger partial charge in [-0.15, -0.1) is 0 Å². The summed E-state index contributed by atoms with van der Waals surface area (Å²) in [6, 6.07) is 18.8. The van der Waals surface area contributed by atoms with E-state index in [4.69, 9.17) is 0 Å². The summed E-state index contributed by atoms with van der Waals surface area (Å²) in [5.74, 6) is -0.180. The third kappa shape index (κ3) is 3.50. The van der Waals surface area contributed by atoms with Crippen LogP contribution in [0.1, 0.15) is 25.0 Å². The Labute approximate surface area is 125 Å². The topological polar surface area (TPSA) is 49.3 Å². The minimum absolute atomic E-state index is 0.0692. The number of amides is 1. The van der Waals surface area contributed by atoms with Crippen LogP contribution in [-0.2, 0) is 10.4 Å². The van der Waals surface area contributed by atoms with Gasteiger partial charge < -0.3 is 10.4 Å². The van der Waals surface area contributed by atoms with Crippen molar-refractivity contribution >= 4 is 5.91 Å². The number of hydrogen-bond donors (Lipinski definition) is 2. The highest BCUT2D eigenvalue weighted by Crippen LogP contribution is 2.28. The Bertz CT molecular complexity index is 539. The van der Waals surface area contributed by atoms with Crippen LogP contribution in [0.2, 0.25) is 0 Å². The highest BCUT2D eigenvalue weighted by atomic mass is 16.3. The molecule has 21 heavy (non-hydrogen) atoms. The average molecular weight is 283 g/mol. The molecule has 0 bridgehead atoms. The van der Waals surface area contributed by atoms with Crippen LogP contribution in [0.15, 0.2) is 60.7 Å². The molecule has 0 fully saturated rings. The molecule has 0 saturated carbocycles. The predicted octanol–water partition coefficient (Wildman–Crippen LogP) is 2.69. The number of rotatable bonds is 5. The Hall–Kier alpha value is -2.13. The second kappa shape index (κ2) is 6.55. The van der Waals surface area contributed by atoms with Gasteiger partial charge in [-0.25, -0.2) is 0 Å². The van der Waals surface area contributed by atoms with Crippen LogP contribution >= 0.6 is 0 Å². The fraction of sp³-hybridized carbons (Fsp3) is 0.278. The van der Waals surface area contributed by atoms with E-state index in [1.165, 1.54) is 0 Å². The molecule has 0 radical (unpaired) electrons. The van der Waals surface area contributed by atoms with Crippen molar-refractivity contribution in [2.45, 2.75) is 19.4 Å². The Morgan fingerprint density at radius 1 is 1.00 bits per heavy atom. The number of carbonyl (C=O) groups excluding carboxylic acids is 1. The van der Waals surface area contributed by atoms with Gasteiger partial charge in [-0.05, 0) is 11.1 Å². The minimum Gasteiger partial charge on any atom is -0.379 e. The number of nitrogens with one attached hydrogen (secondary N) is 1. The summed E-state index contributed by atoms with van der Waals surface area (Å²) < 4.78 is 0. The zero-order chi connectivity index (χ0) is 15.3. The molecule has 110 valence electrons. The lowest BCUT2D eigenvalue weighted by Gasteiger charge is -2.30. The van der Waals surface area contributed by atoms with Crippen molar-refractivity contribution in [3.05, 3.63) is 71.8 Å². The van der Waals surface area contributed by atoms with Gasteiger partial charge in [-0.1, -0.05) is 74.5 Å². The molecule has 0 aliphatic heterocycles. The van der Waals surface area contributed by atoms with Crippen LogP contribution in [0.25, 0.3) is 0 Å². The van der Waals surface area contributed by atoms with Crippen LogP contribution < -0.4 is 5.32 Å². The Kier molecular flexibility index (Phi) is 4.76. The third-order valence-electron chi connectivity index (χ3n) is 3.55. The molecule has 2 N–H and O–H groups in total. The monoisotopic (exact) mass is 283 g/mol. The van der Waals surface area contributed by atoms with Gasteiger partial charge >= 0.3 is 0 Å². The van der Waals surface area contributed by atoms with Crippen molar-refractivity contribution in [3.63, 3.8) is 0 Å². The summed E-state index contributed by atoms with van der Waals surface area (Å²) in [7, 11) is 0. The number of benzene rings is 2. The van der Waals surface area contributed by atoms with E-state index in [-0.39, 0.29) is 18.4 Å². The first-order valence-electron chi connectivity index (χ1n) is 7.15. The maximum absolute atomic E-state index is 11.8. The van der Waals surface area contributed by atoms with Gasteiger partial charge in [0.2, 0.25) is 5.91 Å². The molecular formula is C18H21NO2. The molecule has 0 saturated heterocycles. The van der Waals surface area contributed by atoms with E-state index in [9.17, 15) is 9.90 Å². The Balaban J connectivity index is 2.34. The van der Waals surface area contributed by atoms with Crippen LogP contribution in [-0.4, -0.2) is 17.6 Å². The second-order valence-electron chi connectivity index (χ2n) is 5.46.